The van der Waals surface area contributed by atoms with Crippen molar-refractivity contribution in [1.82, 2.24) is 10.3 Å². The maximum Gasteiger partial charge on any atom is 0.0672 e. The van der Waals surface area contributed by atoms with Crippen molar-refractivity contribution in [2.75, 3.05) is 13.1 Å². The molecule has 64 valence electrons. The van der Waals surface area contributed by atoms with Crippen LogP contribution in [0.2, 0.25) is 0 Å². The molecule has 1 aliphatic rings. The van der Waals surface area contributed by atoms with E-state index in [0.717, 1.165) is 24.3 Å². The highest BCUT2D eigenvalue weighted by Gasteiger charge is 2.06. The number of nitrogens with one attached hydrogen (secondary N) is 1. The van der Waals surface area contributed by atoms with Crippen LogP contribution in [0.1, 0.15) is 11.3 Å². The van der Waals surface area contributed by atoms with Crippen molar-refractivity contribution in [3.05, 3.63) is 35.7 Å². The molecule has 0 aromatic carbocycles. The Balaban J connectivity index is 2.28. The van der Waals surface area contributed by atoms with E-state index in [1.54, 1.807) is 6.20 Å². The van der Waals surface area contributed by atoms with E-state index in [2.05, 4.69) is 22.3 Å². The van der Waals surface area contributed by atoms with E-state index in [-0.39, 0.29) is 0 Å². The summed E-state index contributed by atoms with van der Waals surface area (Å²) in [5, 5.41) is 3.23. The predicted molar refractivity (Wildman–Crippen MR) is 53.0 cm³/mol. The van der Waals surface area contributed by atoms with Crippen LogP contribution in [0.3, 0.4) is 0 Å². The van der Waals surface area contributed by atoms with Gasteiger partial charge < -0.3 is 5.32 Å². The summed E-state index contributed by atoms with van der Waals surface area (Å²) in [6.07, 6.45) is 9.12. The highest BCUT2D eigenvalue weighted by molar-refractivity contribution is 5.66. The Labute approximate surface area is 77.7 Å². The van der Waals surface area contributed by atoms with E-state index in [4.69, 9.17) is 6.42 Å². The van der Waals surface area contributed by atoms with Gasteiger partial charge in [0, 0.05) is 24.8 Å². The second-order valence-electron chi connectivity index (χ2n) is 2.94. The fourth-order valence-corrected chi connectivity index (χ4v) is 1.34. The fourth-order valence-electron chi connectivity index (χ4n) is 1.34. The Kier molecular flexibility index (Phi) is 2.11. The van der Waals surface area contributed by atoms with Crippen molar-refractivity contribution in [1.29, 1.82) is 0 Å². The maximum atomic E-state index is 5.24. The Morgan fingerprint density at radius 3 is 2.92 bits per heavy atom. The predicted octanol–water partition coefficient (Wildman–Crippen LogP) is 1.05. The second kappa shape index (κ2) is 3.42. The first-order valence-electron chi connectivity index (χ1n) is 4.23. The molecule has 0 bridgehead atoms. The van der Waals surface area contributed by atoms with Gasteiger partial charge in [-0.25, -0.2) is 0 Å². The zero-order valence-electron chi connectivity index (χ0n) is 7.25. The average molecular weight is 170 g/mol. The van der Waals surface area contributed by atoms with E-state index in [1.165, 1.54) is 5.57 Å². The SMILES string of the molecule is C#Cc1ccc(C2=CCNC2)nc1. The van der Waals surface area contributed by atoms with Gasteiger partial charge in [0.05, 0.1) is 5.69 Å². The highest BCUT2D eigenvalue weighted by atomic mass is 14.9. The number of pyridine rings is 1. The van der Waals surface area contributed by atoms with E-state index >= 15 is 0 Å². The molecule has 0 unspecified atom stereocenters. The van der Waals surface area contributed by atoms with Crippen LogP contribution in [0.4, 0.5) is 0 Å². The highest BCUT2D eigenvalue weighted by Crippen LogP contribution is 2.13. The van der Waals surface area contributed by atoms with E-state index in [0.29, 0.717) is 0 Å². The molecule has 0 amide bonds. The van der Waals surface area contributed by atoms with Gasteiger partial charge in [0.25, 0.3) is 0 Å². The molecule has 1 N–H and O–H groups in total. The normalized spacial score (nSPS) is 15.2. The molecule has 0 saturated carbocycles. The van der Waals surface area contributed by atoms with Gasteiger partial charge in [-0.1, -0.05) is 12.0 Å². The third-order valence-electron chi connectivity index (χ3n) is 2.07. The number of rotatable bonds is 1. The molecular weight excluding hydrogens is 160 g/mol. The summed E-state index contributed by atoms with van der Waals surface area (Å²) in [5.41, 5.74) is 3.10. The van der Waals surface area contributed by atoms with Crippen molar-refractivity contribution in [2.24, 2.45) is 0 Å². The molecule has 0 radical (unpaired) electrons. The smallest absolute Gasteiger partial charge is 0.0672 e. The van der Waals surface area contributed by atoms with Crippen LogP contribution in [0.5, 0.6) is 0 Å². The summed E-state index contributed by atoms with van der Waals surface area (Å²) >= 11 is 0. The molecule has 2 rings (SSSR count). The molecule has 2 heteroatoms. The first kappa shape index (κ1) is 8.03. The molecule has 0 atom stereocenters. The fraction of sp³-hybridized carbons (Fsp3) is 0.182. The molecule has 2 nitrogen and oxygen atoms in total. The van der Waals surface area contributed by atoms with Crippen LogP contribution >= 0.6 is 0 Å². The van der Waals surface area contributed by atoms with E-state index in [1.807, 2.05) is 12.1 Å². The Morgan fingerprint density at radius 1 is 1.46 bits per heavy atom. The number of aromatic nitrogens is 1. The minimum Gasteiger partial charge on any atom is -0.309 e. The second-order valence-corrected chi connectivity index (χ2v) is 2.94. The number of nitrogens with zero attached hydrogens (tertiary/aromatic N) is 1. The third kappa shape index (κ3) is 1.61. The van der Waals surface area contributed by atoms with Crippen LogP contribution in [0.15, 0.2) is 24.4 Å². The van der Waals surface area contributed by atoms with E-state index in [9.17, 15) is 0 Å². The number of hydrogen-bond acceptors (Lipinski definition) is 2. The number of terminal acetylenes is 1. The third-order valence-corrected chi connectivity index (χ3v) is 2.07. The molecular formula is C11H10N2. The van der Waals surface area contributed by atoms with Crippen LogP contribution < -0.4 is 5.32 Å². The first-order valence-corrected chi connectivity index (χ1v) is 4.23. The molecule has 13 heavy (non-hydrogen) atoms. The van der Waals surface area contributed by atoms with Gasteiger partial charge in [-0.15, -0.1) is 6.42 Å². The first-order chi connectivity index (χ1) is 6.40. The zero-order chi connectivity index (χ0) is 9.10. The molecule has 0 fully saturated rings. The number of hydrogen-bond donors (Lipinski definition) is 1. The molecule has 2 heterocycles. The topological polar surface area (TPSA) is 24.9 Å². The lowest BCUT2D eigenvalue weighted by Gasteiger charge is -1.99. The Hall–Kier alpha value is -1.59. The van der Waals surface area contributed by atoms with Crippen LogP contribution in [-0.2, 0) is 0 Å². The molecule has 0 aliphatic carbocycles. The summed E-state index contributed by atoms with van der Waals surface area (Å²) in [4.78, 5) is 4.28. The van der Waals surface area contributed by atoms with Gasteiger partial charge in [-0.05, 0) is 17.7 Å². The van der Waals surface area contributed by atoms with Gasteiger partial charge in [0.2, 0.25) is 0 Å². The van der Waals surface area contributed by atoms with E-state index < -0.39 is 0 Å². The van der Waals surface area contributed by atoms with Crippen molar-refractivity contribution in [3.8, 4) is 12.3 Å². The monoisotopic (exact) mass is 170 g/mol. The zero-order valence-corrected chi connectivity index (χ0v) is 7.25. The molecule has 1 aromatic heterocycles. The van der Waals surface area contributed by atoms with Crippen LogP contribution in [0, 0.1) is 12.3 Å². The van der Waals surface area contributed by atoms with Gasteiger partial charge in [0.15, 0.2) is 0 Å². The average Bonchev–Trinajstić information content (AvgIpc) is 2.71. The van der Waals surface area contributed by atoms with Crippen LogP contribution in [0.25, 0.3) is 5.57 Å². The van der Waals surface area contributed by atoms with Crippen molar-refractivity contribution in [3.63, 3.8) is 0 Å². The maximum absolute atomic E-state index is 5.24. The van der Waals surface area contributed by atoms with Crippen molar-refractivity contribution >= 4 is 5.57 Å². The van der Waals surface area contributed by atoms with Gasteiger partial charge >= 0.3 is 0 Å². The molecule has 0 saturated heterocycles. The summed E-state index contributed by atoms with van der Waals surface area (Å²) in [5.74, 6) is 2.55. The summed E-state index contributed by atoms with van der Waals surface area (Å²) in [6.45, 7) is 1.84. The van der Waals surface area contributed by atoms with Gasteiger partial charge in [-0.3, -0.25) is 4.98 Å². The standard InChI is InChI=1S/C11H10N2/c1-2-9-3-4-11(13-7-9)10-5-6-12-8-10/h1,3-5,7,12H,6,8H2. The Bertz CT molecular complexity index is 368. The van der Waals surface area contributed by atoms with Gasteiger partial charge in [0.1, 0.15) is 0 Å². The lowest BCUT2D eigenvalue weighted by molar-refractivity contribution is 0.895. The Morgan fingerprint density at radius 2 is 2.38 bits per heavy atom. The lowest BCUT2D eigenvalue weighted by atomic mass is 10.1. The lowest BCUT2D eigenvalue weighted by Crippen LogP contribution is -2.07. The van der Waals surface area contributed by atoms with Gasteiger partial charge in [-0.2, -0.15) is 0 Å². The molecule has 1 aliphatic heterocycles. The summed E-state index contributed by atoms with van der Waals surface area (Å²) in [7, 11) is 0. The van der Waals surface area contributed by atoms with Crippen molar-refractivity contribution < 1.29 is 0 Å². The minimum absolute atomic E-state index is 0.829. The largest absolute Gasteiger partial charge is 0.309 e. The van der Waals surface area contributed by atoms with Crippen LogP contribution in [-0.4, -0.2) is 18.1 Å². The summed E-state index contributed by atoms with van der Waals surface area (Å²) in [6, 6.07) is 3.88. The summed E-state index contributed by atoms with van der Waals surface area (Å²) < 4.78 is 0. The quantitative estimate of drug-likeness (QED) is 0.637. The minimum atomic E-state index is 0.829. The molecule has 0 spiro atoms. The molecule has 1 aromatic rings. The van der Waals surface area contributed by atoms with Crippen molar-refractivity contribution in [2.45, 2.75) is 0 Å².